The van der Waals surface area contributed by atoms with E-state index in [4.69, 9.17) is 29.6 Å². The smallest absolute Gasteiger partial charge is 0.106 e. The number of thiocarbonyl (C=S) groups is 1. The molecular weight excluding hydrogens is 411 g/mol. The van der Waals surface area contributed by atoms with Crippen molar-refractivity contribution in [1.29, 1.82) is 0 Å². The van der Waals surface area contributed by atoms with Crippen LogP contribution in [0.15, 0.2) is 45.3 Å². The lowest BCUT2D eigenvalue weighted by Gasteiger charge is -2.12. The zero-order valence-corrected chi connectivity index (χ0v) is 14.3. The molecule has 0 aliphatic carbocycles. The summed E-state index contributed by atoms with van der Waals surface area (Å²) in [6.45, 7) is 0. The van der Waals surface area contributed by atoms with E-state index in [0.717, 1.165) is 25.9 Å². The van der Waals surface area contributed by atoms with Crippen LogP contribution in [0.4, 0.5) is 11.4 Å². The minimum Gasteiger partial charge on any atom is -0.389 e. The van der Waals surface area contributed by atoms with Crippen LogP contribution in [0, 0.1) is 0 Å². The minimum absolute atomic E-state index is 0.350. The first-order chi connectivity index (χ1) is 8.97. The lowest BCUT2D eigenvalue weighted by Crippen LogP contribution is -2.11. The van der Waals surface area contributed by atoms with Crippen molar-refractivity contribution in [3.63, 3.8) is 0 Å². The lowest BCUT2D eigenvalue weighted by atomic mass is 10.1. The molecule has 0 amide bonds. The van der Waals surface area contributed by atoms with Gasteiger partial charge in [0.25, 0.3) is 0 Å². The van der Waals surface area contributed by atoms with Gasteiger partial charge in [-0.05, 0) is 52.3 Å². The molecule has 6 heteroatoms. The number of nitrogens with one attached hydrogen (secondary N) is 1. The SMILES string of the molecule is NC(=S)c1ccc(Br)cc1Nc1ccc(Cl)c(Br)c1. The molecule has 0 saturated heterocycles. The maximum Gasteiger partial charge on any atom is 0.106 e. The first-order valence-corrected chi connectivity index (χ1v) is 7.66. The van der Waals surface area contributed by atoms with Crippen LogP contribution in [0.2, 0.25) is 5.02 Å². The average Bonchev–Trinajstić information content (AvgIpc) is 2.33. The molecule has 0 saturated carbocycles. The molecule has 0 spiro atoms. The third-order valence-electron chi connectivity index (χ3n) is 2.45. The third-order valence-corrected chi connectivity index (χ3v) is 4.37. The Kier molecular flexibility index (Phi) is 4.84. The Bertz CT molecular complexity index is 647. The van der Waals surface area contributed by atoms with E-state index in [0.29, 0.717) is 10.0 Å². The van der Waals surface area contributed by atoms with Crippen molar-refractivity contribution in [2.45, 2.75) is 0 Å². The van der Waals surface area contributed by atoms with Gasteiger partial charge < -0.3 is 11.1 Å². The van der Waals surface area contributed by atoms with E-state index in [2.05, 4.69) is 37.2 Å². The second-order valence-corrected chi connectivity index (χ2v) is 6.43. The lowest BCUT2D eigenvalue weighted by molar-refractivity contribution is 1.50. The van der Waals surface area contributed by atoms with Crippen molar-refractivity contribution >= 4 is 72.0 Å². The second kappa shape index (κ2) is 6.22. The van der Waals surface area contributed by atoms with Gasteiger partial charge in [-0.25, -0.2) is 0 Å². The van der Waals surface area contributed by atoms with E-state index in [1.54, 1.807) is 0 Å². The van der Waals surface area contributed by atoms with Gasteiger partial charge in [-0.1, -0.05) is 39.7 Å². The van der Waals surface area contributed by atoms with Gasteiger partial charge in [0.2, 0.25) is 0 Å². The zero-order valence-electron chi connectivity index (χ0n) is 9.58. The highest BCUT2D eigenvalue weighted by molar-refractivity contribution is 9.10. The van der Waals surface area contributed by atoms with E-state index in [-0.39, 0.29) is 0 Å². The Hall–Kier alpha value is -0.620. The van der Waals surface area contributed by atoms with Gasteiger partial charge in [-0.3, -0.25) is 0 Å². The van der Waals surface area contributed by atoms with E-state index < -0.39 is 0 Å². The van der Waals surface area contributed by atoms with Gasteiger partial charge in [-0.15, -0.1) is 0 Å². The first kappa shape index (κ1) is 14.8. The van der Waals surface area contributed by atoms with Crippen LogP contribution in [0.5, 0.6) is 0 Å². The molecule has 98 valence electrons. The third kappa shape index (κ3) is 3.69. The molecule has 0 fully saturated rings. The zero-order chi connectivity index (χ0) is 14.0. The number of nitrogens with two attached hydrogens (primary N) is 1. The van der Waals surface area contributed by atoms with Gasteiger partial charge in [0, 0.05) is 25.9 Å². The molecule has 2 aromatic rings. The Balaban J connectivity index is 2.39. The van der Waals surface area contributed by atoms with Crippen LogP contribution < -0.4 is 11.1 Å². The molecule has 0 unspecified atom stereocenters. The van der Waals surface area contributed by atoms with Crippen molar-refractivity contribution in [3.05, 3.63) is 55.9 Å². The molecule has 0 aromatic heterocycles. The second-order valence-electron chi connectivity index (χ2n) is 3.81. The van der Waals surface area contributed by atoms with E-state index in [1.165, 1.54) is 0 Å². The average molecular weight is 421 g/mol. The number of halogens is 3. The van der Waals surface area contributed by atoms with Crippen molar-refractivity contribution in [2.75, 3.05) is 5.32 Å². The van der Waals surface area contributed by atoms with Crippen LogP contribution >= 0.6 is 55.7 Å². The Morgan fingerprint density at radius 1 is 1.16 bits per heavy atom. The van der Waals surface area contributed by atoms with Crippen molar-refractivity contribution < 1.29 is 0 Å². The predicted octanol–water partition coefficient (Wildman–Crippen LogP) is 5.24. The summed E-state index contributed by atoms with van der Waals surface area (Å²) in [5.41, 5.74) is 8.25. The molecule has 0 radical (unpaired) electrons. The molecule has 19 heavy (non-hydrogen) atoms. The minimum atomic E-state index is 0.350. The fourth-order valence-electron chi connectivity index (χ4n) is 1.56. The summed E-state index contributed by atoms with van der Waals surface area (Å²) >= 11 is 17.8. The van der Waals surface area contributed by atoms with E-state index in [1.807, 2.05) is 36.4 Å². The molecule has 0 heterocycles. The van der Waals surface area contributed by atoms with Crippen molar-refractivity contribution in [2.24, 2.45) is 5.73 Å². The first-order valence-electron chi connectivity index (χ1n) is 5.29. The van der Waals surface area contributed by atoms with Gasteiger partial charge in [0.15, 0.2) is 0 Å². The number of rotatable bonds is 3. The fourth-order valence-corrected chi connectivity index (χ4v) is 2.60. The van der Waals surface area contributed by atoms with Crippen LogP contribution in [0.25, 0.3) is 0 Å². The standard InChI is InChI=1S/C13H9Br2ClN2S/c14-7-1-3-9(13(17)19)12(5-7)18-8-2-4-11(16)10(15)6-8/h1-6,18H,(H2,17,19). The monoisotopic (exact) mass is 418 g/mol. The molecule has 0 atom stereocenters. The van der Waals surface area contributed by atoms with Crippen LogP contribution in [0.1, 0.15) is 5.56 Å². The normalized spacial score (nSPS) is 10.3. The van der Waals surface area contributed by atoms with Crippen LogP contribution in [-0.2, 0) is 0 Å². The molecule has 0 aliphatic rings. The van der Waals surface area contributed by atoms with Gasteiger partial charge in [0.05, 0.1) is 5.02 Å². The number of anilines is 2. The summed E-state index contributed by atoms with van der Waals surface area (Å²) in [7, 11) is 0. The Labute approximate surface area is 138 Å². The van der Waals surface area contributed by atoms with Crippen LogP contribution in [-0.4, -0.2) is 4.99 Å². The van der Waals surface area contributed by atoms with E-state index >= 15 is 0 Å². The summed E-state index contributed by atoms with van der Waals surface area (Å²) in [4.78, 5) is 0.350. The number of hydrogen-bond donors (Lipinski definition) is 2. The number of hydrogen-bond acceptors (Lipinski definition) is 2. The maximum absolute atomic E-state index is 5.97. The summed E-state index contributed by atoms with van der Waals surface area (Å²) in [5.74, 6) is 0. The largest absolute Gasteiger partial charge is 0.389 e. The number of benzene rings is 2. The molecule has 2 nitrogen and oxygen atoms in total. The highest BCUT2D eigenvalue weighted by atomic mass is 79.9. The van der Waals surface area contributed by atoms with Crippen molar-refractivity contribution in [1.82, 2.24) is 0 Å². The quantitative estimate of drug-likeness (QED) is 0.667. The summed E-state index contributed by atoms with van der Waals surface area (Å²) in [6, 6.07) is 11.3. The summed E-state index contributed by atoms with van der Waals surface area (Å²) < 4.78 is 1.77. The van der Waals surface area contributed by atoms with Crippen LogP contribution in [0.3, 0.4) is 0 Å². The van der Waals surface area contributed by atoms with E-state index in [9.17, 15) is 0 Å². The van der Waals surface area contributed by atoms with Gasteiger partial charge >= 0.3 is 0 Å². The maximum atomic E-state index is 5.97. The topological polar surface area (TPSA) is 38.0 Å². The predicted molar refractivity (Wildman–Crippen MR) is 92.5 cm³/mol. The molecule has 2 rings (SSSR count). The molecule has 2 aromatic carbocycles. The molecule has 0 aliphatic heterocycles. The fraction of sp³-hybridized carbons (Fsp3) is 0. The molecular formula is C13H9Br2ClN2S. The summed E-state index contributed by atoms with van der Waals surface area (Å²) in [5, 5.41) is 3.94. The Morgan fingerprint density at radius 2 is 1.89 bits per heavy atom. The Morgan fingerprint density at radius 3 is 2.53 bits per heavy atom. The van der Waals surface area contributed by atoms with Gasteiger partial charge in [0.1, 0.15) is 4.99 Å². The molecule has 3 N–H and O–H groups in total. The van der Waals surface area contributed by atoms with Gasteiger partial charge in [-0.2, -0.15) is 0 Å². The highest BCUT2D eigenvalue weighted by Crippen LogP contribution is 2.29. The molecule has 0 bridgehead atoms. The van der Waals surface area contributed by atoms with Crippen molar-refractivity contribution in [3.8, 4) is 0 Å². The summed E-state index contributed by atoms with van der Waals surface area (Å²) in [6.07, 6.45) is 0. The highest BCUT2D eigenvalue weighted by Gasteiger charge is 2.07.